The van der Waals surface area contributed by atoms with Crippen molar-refractivity contribution in [3.8, 4) is 0 Å². The van der Waals surface area contributed by atoms with Crippen LogP contribution in [0.2, 0.25) is 0 Å². The average Bonchev–Trinajstić information content (AvgIpc) is 2.75. The largest absolute Gasteiger partial charge is 0.478 e. The van der Waals surface area contributed by atoms with E-state index in [1.807, 2.05) is 25.5 Å². The van der Waals surface area contributed by atoms with Crippen molar-refractivity contribution in [3.05, 3.63) is 17.5 Å². The Hall–Kier alpha value is -1.36. The maximum Gasteiger partial charge on any atom is 0.339 e. The minimum atomic E-state index is -0.888. The number of rotatable bonds is 3. The van der Waals surface area contributed by atoms with E-state index in [4.69, 9.17) is 0 Å². The summed E-state index contributed by atoms with van der Waals surface area (Å²) in [5.74, 6) is -0.112. The molecule has 20 heavy (non-hydrogen) atoms. The van der Waals surface area contributed by atoms with Gasteiger partial charge in [0.05, 0.1) is 17.4 Å². The van der Waals surface area contributed by atoms with Gasteiger partial charge >= 0.3 is 5.97 Å². The molecule has 0 atom stereocenters. The van der Waals surface area contributed by atoms with Crippen LogP contribution in [0.4, 0.5) is 0 Å². The van der Waals surface area contributed by atoms with Crippen LogP contribution >= 0.6 is 0 Å². The molecular weight excluding hydrogens is 254 g/mol. The lowest BCUT2D eigenvalue weighted by Gasteiger charge is -2.31. The second-order valence-electron chi connectivity index (χ2n) is 6.85. The number of nitrogens with zero attached hydrogens (tertiary/aromatic N) is 3. The van der Waals surface area contributed by atoms with Gasteiger partial charge in [-0.15, -0.1) is 0 Å². The summed E-state index contributed by atoms with van der Waals surface area (Å²) >= 11 is 0. The van der Waals surface area contributed by atoms with Gasteiger partial charge in [-0.2, -0.15) is 5.10 Å². The van der Waals surface area contributed by atoms with Crippen molar-refractivity contribution in [2.75, 3.05) is 13.1 Å². The normalized spacial score (nSPS) is 18.4. The third-order valence-corrected chi connectivity index (χ3v) is 3.98. The molecule has 0 aliphatic carbocycles. The lowest BCUT2D eigenvalue weighted by Crippen LogP contribution is -2.35. The predicted molar refractivity (Wildman–Crippen MR) is 77.9 cm³/mol. The number of aromatic carboxylic acids is 1. The molecular formula is C15H25N3O2. The Morgan fingerprint density at radius 1 is 1.40 bits per heavy atom. The third-order valence-electron chi connectivity index (χ3n) is 3.98. The number of hydrogen-bond acceptors (Lipinski definition) is 3. The SMILES string of the molecule is CC1CCN(Cc2c(C(=O)O)cnn2C(C)(C)C)CC1. The molecule has 112 valence electrons. The van der Waals surface area contributed by atoms with Crippen LogP contribution in [-0.2, 0) is 12.1 Å². The average molecular weight is 279 g/mol. The summed E-state index contributed by atoms with van der Waals surface area (Å²) in [6.07, 6.45) is 3.85. The highest BCUT2D eigenvalue weighted by atomic mass is 16.4. The molecule has 0 unspecified atom stereocenters. The zero-order valence-electron chi connectivity index (χ0n) is 12.9. The van der Waals surface area contributed by atoms with Crippen molar-refractivity contribution in [2.45, 2.75) is 52.6 Å². The van der Waals surface area contributed by atoms with Crippen molar-refractivity contribution in [3.63, 3.8) is 0 Å². The van der Waals surface area contributed by atoms with Gasteiger partial charge in [0.2, 0.25) is 0 Å². The van der Waals surface area contributed by atoms with Crippen LogP contribution in [0.25, 0.3) is 0 Å². The van der Waals surface area contributed by atoms with Crippen molar-refractivity contribution in [1.82, 2.24) is 14.7 Å². The van der Waals surface area contributed by atoms with Crippen LogP contribution in [0, 0.1) is 5.92 Å². The summed E-state index contributed by atoms with van der Waals surface area (Å²) < 4.78 is 1.86. The van der Waals surface area contributed by atoms with E-state index in [2.05, 4.69) is 16.9 Å². The van der Waals surface area contributed by atoms with Gasteiger partial charge in [0.15, 0.2) is 0 Å². The van der Waals surface area contributed by atoms with Crippen LogP contribution < -0.4 is 0 Å². The number of carbonyl (C=O) groups is 1. The summed E-state index contributed by atoms with van der Waals surface area (Å²) in [4.78, 5) is 13.7. The van der Waals surface area contributed by atoms with E-state index in [1.165, 1.54) is 19.0 Å². The van der Waals surface area contributed by atoms with Crippen LogP contribution in [0.5, 0.6) is 0 Å². The number of likely N-dealkylation sites (tertiary alicyclic amines) is 1. The van der Waals surface area contributed by atoms with Gasteiger partial charge in [0, 0.05) is 6.54 Å². The number of hydrogen-bond donors (Lipinski definition) is 1. The smallest absolute Gasteiger partial charge is 0.339 e. The molecule has 1 aromatic heterocycles. The van der Waals surface area contributed by atoms with Gasteiger partial charge in [-0.1, -0.05) is 6.92 Å². The van der Waals surface area contributed by atoms with Crippen LogP contribution in [0.15, 0.2) is 6.20 Å². The second-order valence-corrected chi connectivity index (χ2v) is 6.85. The molecule has 5 nitrogen and oxygen atoms in total. The fraction of sp³-hybridized carbons (Fsp3) is 0.733. The lowest BCUT2D eigenvalue weighted by molar-refractivity contribution is 0.0693. The summed E-state index contributed by atoms with van der Waals surface area (Å²) in [6, 6.07) is 0. The van der Waals surface area contributed by atoms with Crippen molar-refractivity contribution < 1.29 is 9.90 Å². The van der Waals surface area contributed by atoms with E-state index in [9.17, 15) is 9.90 Å². The topological polar surface area (TPSA) is 58.4 Å². The Balaban J connectivity index is 2.24. The molecule has 1 saturated heterocycles. The third kappa shape index (κ3) is 3.20. The quantitative estimate of drug-likeness (QED) is 0.924. The summed E-state index contributed by atoms with van der Waals surface area (Å²) in [6.45, 7) is 11.2. The molecule has 0 saturated carbocycles. The molecule has 0 aromatic carbocycles. The van der Waals surface area contributed by atoms with Crippen LogP contribution in [0.1, 0.15) is 56.6 Å². The van der Waals surface area contributed by atoms with E-state index in [-0.39, 0.29) is 5.54 Å². The van der Waals surface area contributed by atoms with E-state index < -0.39 is 5.97 Å². The maximum absolute atomic E-state index is 11.4. The first-order valence-electron chi connectivity index (χ1n) is 7.32. The number of carboxylic acid groups (broad SMARTS) is 1. The molecule has 2 heterocycles. The second kappa shape index (κ2) is 5.56. The Morgan fingerprint density at radius 2 is 2.00 bits per heavy atom. The minimum absolute atomic E-state index is 0.202. The summed E-state index contributed by atoms with van der Waals surface area (Å²) in [5.41, 5.74) is 0.949. The van der Waals surface area contributed by atoms with Crippen LogP contribution in [-0.4, -0.2) is 38.8 Å². The molecule has 2 rings (SSSR count). The zero-order valence-corrected chi connectivity index (χ0v) is 12.9. The van der Waals surface area contributed by atoms with Crippen molar-refractivity contribution in [2.24, 2.45) is 5.92 Å². The summed E-state index contributed by atoms with van der Waals surface area (Å²) in [7, 11) is 0. The van der Waals surface area contributed by atoms with Crippen molar-refractivity contribution >= 4 is 5.97 Å². The molecule has 5 heteroatoms. The first kappa shape index (κ1) is 15.0. The molecule has 1 aliphatic rings. The maximum atomic E-state index is 11.4. The van der Waals surface area contributed by atoms with Gasteiger partial charge in [-0.05, 0) is 52.6 Å². The Morgan fingerprint density at radius 3 is 2.50 bits per heavy atom. The molecule has 0 amide bonds. The predicted octanol–water partition coefficient (Wildman–Crippen LogP) is 2.57. The van der Waals surface area contributed by atoms with E-state index >= 15 is 0 Å². The molecule has 0 spiro atoms. The number of piperidine rings is 1. The van der Waals surface area contributed by atoms with Gasteiger partial charge in [0.1, 0.15) is 5.56 Å². The van der Waals surface area contributed by atoms with E-state index in [0.29, 0.717) is 12.1 Å². The first-order chi connectivity index (χ1) is 9.29. The monoisotopic (exact) mass is 279 g/mol. The minimum Gasteiger partial charge on any atom is -0.478 e. The highest BCUT2D eigenvalue weighted by molar-refractivity contribution is 5.88. The fourth-order valence-electron chi connectivity index (χ4n) is 2.71. The lowest BCUT2D eigenvalue weighted by atomic mass is 9.99. The Labute approximate surface area is 120 Å². The fourth-order valence-corrected chi connectivity index (χ4v) is 2.71. The Kier molecular flexibility index (Phi) is 4.18. The molecule has 0 radical (unpaired) electrons. The van der Waals surface area contributed by atoms with E-state index in [0.717, 1.165) is 24.7 Å². The van der Waals surface area contributed by atoms with Gasteiger partial charge in [0.25, 0.3) is 0 Å². The van der Waals surface area contributed by atoms with Gasteiger partial charge < -0.3 is 5.11 Å². The van der Waals surface area contributed by atoms with Crippen LogP contribution in [0.3, 0.4) is 0 Å². The first-order valence-corrected chi connectivity index (χ1v) is 7.32. The number of aromatic nitrogens is 2. The Bertz CT molecular complexity index is 480. The van der Waals surface area contributed by atoms with Gasteiger partial charge in [-0.3, -0.25) is 9.58 Å². The van der Waals surface area contributed by atoms with E-state index in [1.54, 1.807) is 0 Å². The zero-order chi connectivity index (χ0) is 14.9. The molecule has 1 fully saturated rings. The highest BCUT2D eigenvalue weighted by Gasteiger charge is 2.26. The number of carboxylic acids is 1. The highest BCUT2D eigenvalue weighted by Crippen LogP contribution is 2.23. The summed E-state index contributed by atoms with van der Waals surface area (Å²) in [5, 5.41) is 13.6. The van der Waals surface area contributed by atoms with Gasteiger partial charge in [-0.25, -0.2) is 4.79 Å². The standard InChI is InChI=1S/C15H25N3O2/c1-11-5-7-17(8-6-11)10-13-12(14(19)20)9-16-18(13)15(2,3)4/h9,11H,5-8,10H2,1-4H3,(H,19,20). The molecule has 0 bridgehead atoms. The molecule has 1 aliphatic heterocycles. The molecule has 1 aromatic rings. The molecule has 1 N–H and O–H groups in total. The van der Waals surface area contributed by atoms with Crippen molar-refractivity contribution in [1.29, 1.82) is 0 Å².